The van der Waals surface area contributed by atoms with Crippen molar-refractivity contribution in [3.8, 4) is 0 Å². The molecule has 4 amide bonds. The largest absolute Gasteiger partial charge is 0.473 e. The highest BCUT2D eigenvalue weighted by Crippen LogP contribution is 2.30. The summed E-state index contributed by atoms with van der Waals surface area (Å²) in [6.07, 6.45) is 0.231. The van der Waals surface area contributed by atoms with Gasteiger partial charge in [-0.2, -0.15) is 0 Å². The fraction of sp³-hybridized carbons (Fsp3) is 0.200. The standard InChI is InChI=1S/C13H11N3O4.C2H2O4/c14-7-3-1-2-6-10(7)13(20)16(12(6)19)8-4-5-9(17)15-11(8)18;3-1(4)2(5)6/h1-3,8H,4-5,14H2,(H,15,17,18);(H,3,4)(H,5,6). The van der Waals surface area contributed by atoms with E-state index in [-0.39, 0.29) is 29.7 Å². The predicted molar refractivity (Wildman–Crippen MR) is 82.8 cm³/mol. The third-order valence-electron chi connectivity index (χ3n) is 3.68. The van der Waals surface area contributed by atoms with Gasteiger partial charge in [0.1, 0.15) is 6.04 Å². The van der Waals surface area contributed by atoms with E-state index in [1.807, 2.05) is 0 Å². The van der Waals surface area contributed by atoms with Crippen molar-refractivity contribution < 1.29 is 39.0 Å². The van der Waals surface area contributed by atoms with E-state index in [1.165, 1.54) is 12.1 Å². The average Bonchev–Trinajstić information content (AvgIpc) is 2.81. The van der Waals surface area contributed by atoms with Crippen LogP contribution in [-0.2, 0) is 19.2 Å². The summed E-state index contributed by atoms with van der Waals surface area (Å²) in [6.45, 7) is 0. The number of carboxylic acids is 2. The van der Waals surface area contributed by atoms with Gasteiger partial charge in [0.2, 0.25) is 11.8 Å². The number of rotatable bonds is 1. The summed E-state index contributed by atoms with van der Waals surface area (Å²) >= 11 is 0. The number of fused-ring (bicyclic) bond motifs is 1. The van der Waals surface area contributed by atoms with Crippen LogP contribution in [0, 0.1) is 0 Å². The topological polar surface area (TPSA) is 184 Å². The van der Waals surface area contributed by atoms with Crippen molar-refractivity contribution in [2.45, 2.75) is 18.9 Å². The summed E-state index contributed by atoms with van der Waals surface area (Å²) in [5.74, 6) is -5.81. The van der Waals surface area contributed by atoms with Gasteiger partial charge in [0.05, 0.1) is 11.1 Å². The maximum absolute atomic E-state index is 12.3. The lowest BCUT2D eigenvalue weighted by Crippen LogP contribution is -2.54. The number of carboxylic acid groups (broad SMARTS) is 2. The molecule has 2 aliphatic heterocycles. The normalized spacial score (nSPS) is 18.6. The maximum Gasteiger partial charge on any atom is 0.414 e. The van der Waals surface area contributed by atoms with E-state index in [2.05, 4.69) is 5.32 Å². The van der Waals surface area contributed by atoms with Crippen LogP contribution in [0.4, 0.5) is 5.69 Å². The van der Waals surface area contributed by atoms with Crippen LogP contribution in [0.1, 0.15) is 33.6 Å². The van der Waals surface area contributed by atoms with Crippen molar-refractivity contribution in [2.24, 2.45) is 0 Å². The first-order valence-electron chi connectivity index (χ1n) is 7.21. The van der Waals surface area contributed by atoms with Gasteiger partial charge in [0, 0.05) is 12.1 Å². The fourth-order valence-corrected chi connectivity index (χ4v) is 2.54. The first-order chi connectivity index (χ1) is 12.1. The highest BCUT2D eigenvalue weighted by molar-refractivity contribution is 6.27. The zero-order valence-electron chi connectivity index (χ0n) is 13.1. The Morgan fingerprint density at radius 2 is 1.69 bits per heavy atom. The molecular weight excluding hydrogens is 350 g/mol. The number of anilines is 1. The molecule has 3 rings (SSSR count). The minimum absolute atomic E-state index is 0.0965. The second-order valence-corrected chi connectivity index (χ2v) is 5.33. The number of amides is 4. The Hall–Kier alpha value is -3.76. The lowest BCUT2D eigenvalue weighted by atomic mass is 10.0. The molecular formula is C15H13N3O8. The number of nitrogens with zero attached hydrogens (tertiary/aromatic N) is 1. The first-order valence-corrected chi connectivity index (χ1v) is 7.21. The van der Waals surface area contributed by atoms with Gasteiger partial charge in [0.25, 0.3) is 11.8 Å². The average molecular weight is 363 g/mol. The minimum atomic E-state index is -1.82. The number of benzene rings is 1. The number of carbonyl (C=O) groups is 6. The summed E-state index contributed by atoms with van der Waals surface area (Å²) in [7, 11) is 0. The van der Waals surface area contributed by atoms with Gasteiger partial charge in [-0.25, -0.2) is 9.59 Å². The van der Waals surface area contributed by atoms with E-state index in [0.29, 0.717) is 0 Å². The SMILES string of the molecule is Nc1cccc2c1C(=O)N(C1CCC(=O)NC1=O)C2=O.O=C(O)C(=O)O. The molecule has 1 aromatic rings. The maximum atomic E-state index is 12.3. The van der Waals surface area contributed by atoms with Gasteiger partial charge >= 0.3 is 11.9 Å². The molecule has 1 saturated heterocycles. The Balaban J connectivity index is 0.000000352. The van der Waals surface area contributed by atoms with Crippen molar-refractivity contribution in [3.63, 3.8) is 0 Å². The molecule has 0 spiro atoms. The van der Waals surface area contributed by atoms with Crippen LogP contribution in [0.3, 0.4) is 0 Å². The van der Waals surface area contributed by atoms with Gasteiger partial charge in [-0.15, -0.1) is 0 Å². The quantitative estimate of drug-likeness (QED) is 0.271. The summed E-state index contributed by atoms with van der Waals surface area (Å²) in [6, 6.07) is 3.64. The highest BCUT2D eigenvalue weighted by Gasteiger charge is 2.45. The van der Waals surface area contributed by atoms with E-state index >= 15 is 0 Å². The van der Waals surface area contributed by atoms with Gasteiger partial charge in [0.15, 0.2) is 0 Å². The molecule has 0 saturated carbocycles. The number of nitrogen functional groups attached to an aromatic ring is 1. The molecule has 0 radical (unpaired) electrons. The van der Waals surface area contributed by atoms with Crippen molar-refractivity contribution in [3.05, 3.63) is 29.3 Å². The molecule has 0 bridgehead atoms. The van der Waals surface area contributed by atoms with Crippen molar-refractivity contribution in [2.75, 3.05) is 5.73 Å². The van der Waals surface area contributed by atoms with E-state index < -0.39 is 41.6 Å². The summed E-state index contributed by atoms with van der Waals surface area (Å²) in [5, 5.41) is 16.9. The monoisotopic (exact) mass is 363 g/mol. The number of hydrogen-bond acceptors (Lipinski definition) is 7. The Morgan fingerprint density at radius 3 is 2.19 bits per heavy atom. The second kappa shape index (κ2) is 7.01. The fourth-order valence-electron chi connectivity index (χ4n) is 2.54. The molecule has 1 aromatic carbocycles. The Kier molecular flexibility index (Phi) is 5.01. The lowest BCUT2D eigenvalue weighted by molar-refractivity contribution is -0.159. The molecule has 0 aromatic heterocycles. The van der Waals surface area contributed by atoms with E-state index in [0.717, 1.165) is 4.90 Å². The molecule has 26 heavy (non-hydrogen) atoms. The van der Waals surface area contributed by atoms with Crippen molar-refractivity contribution in [1.29, 1.82) is 0 Å². The van der Waals surface area contributed by atoms with Crippen molar-refractivity contribution in [1.82, 2.24) is 10.2 Å². The number of piperidine rings is 1. The number of aliphatic carboxylic acids is 2. The van der Waals surface area contributed by atoms with Crippen molar-refractivity contribution >= 4 is 41.3 Å². The van der Waals surface area contributed by atoms with E-state index in [4.69, 9.17) is 25.5 Å². The van der Waals surface area contributed by atoms with Crippen LogP contribution < -0.4 is 11.1 Å². The van der Waals surface area contributed by atoms with Crippen LogP contribution in [-0.4, -0.2) is 56.7 Å². The number of carbonyl (C=O) groups excluding carboxylic acids is 4. The highest BCUT2D eigenvalue weighted by atomic mass is 16.4. The molecule has 1 unspecified atom stereocenters. The Bertz CT molecular complexity index is 835. The van der Waals surface area contributed by atoms with Crippen LogP contribution in [0.2, 0.25) is 0 Å². The second-order valence-electron chi connectivity index (χ2n) is 5.33. The zero-order valence-corrected chi connectivity index (χ0v) is 13.1. The molecule has 0 aliphatic carbocycles. The predicted octanol–water partition coefficient (Wildman–Crippen LogP) is -1.17. The summed E-state index contributed by atoms with van der Waals surface area (Å²) in [4.78, 5) is 66.6. The number of nitrogens with one attached hydrogen (secondary N) is 1. The Labute approximate surface area is 145 Å². The summed E-state index contributed by atoms with van der Waals surface area (Å²) in [5.41, 5.74) is 6.24. The third kappa shape index (κ3) is 3.36. The number of imide groups is 2. The molecule has 5 N–H and O–H groups in total. The van der Waals surface area contributed by atoms with E-state index in [1.54, 1.807) is 6.07 Å². The minimum Gasteiger partial charge on any atom is -0.473 e. The van der Waals surface area contributed by atoms with Crippen LogP contribution >= 0.6 is 0 Å². The van der Waals surface area contributed by atoms with Crippen LogP contribution in [0.25, 0.3) is 0 Å². The van der Waals surface area contributed by atoms with Gasteiger partial charge in [-0.1, -0.05) is 6.07 Å². The van der Waals surface area contributed by atoms with E-state index in [9.17, 15) is 19.2 Å². The zero-order chi connectivity index (χ0) is 19.6. The molecule has 11 nitrogen and oxygen atoms in total. The molecule has 1 atom stereocenters. The molecule has 136 valence electrons. The molecule has 2 aliphatic rings. The smallest absolute Gasteiger partial charge is 0.414 e. The van der Waals surface area contributed by atoms with Crippen LogP contribution in [0.15, 0.2) is 18.2 Å². The lowest BCUT2D eigenvalue weighted by Gasteiger charge is -2.27. The summed E-state index contributed by atoms with van der Waals surface area (Å²) < 4.78 is 0. The Morgan fingerprint density at radius 1 is 1.08 bits per heavy atom. The first kappa shape index (κ1) is 18.6. The number of nitrogens with two attached hydrogens (primary N) is 1. The van der Waals surface area contributed by atoms with Gasteiger partial charge in [-0.05, 0) is 18.6 Å². The van der Waals surface area contributed by atoms with Gasteiger partial charge < -0.3 is 15.9 Å². The third-order valence-corrected chi connectivity index (χ3v) is 3.68. The van der Waals surface area contributed by atoms with Crippen LogP contribution in [0.5, 0.6) is 0 Å². The molecule has 2 heterocycles. The molecule has 1 fully saturated rings. The van der Waals surface area contributed by atoms with Gasteiger partial charge in [-0.3, -0.25) is 29.4 Å². The molecule has 11 heteroatoms. The number of hydrogen-bond donors (Lipinski definition) is 4.